The molecule has 0 aliphatic rings. The zero-order chi connectivity index (χ0) is 18.7. The van der Waals surface area contributed by atoms with E-state index in [2.05, 4.69) is 16.9 Å². The Hall–Kier alpha value is -1.80. The summed E-state index contributed by atoms with van der Waals surface area (Å²) in [5.41, 5.74) is 0.298. The zero-order valence-corrected chi connectivity index (χ0v) is 16.5. The molecule has 0 fully saturated rings. The van der Waals surface area contributed by atoms with Gasteiger partial charge in [-0.25, -0.2) is 4.98 Å². The molecule has 0 aliphatic heterocycles. The molecule has 0 saturated heterocycles. The van der Waals surface area contributed by atoms with Crippen LogP contribution in [0.25, 0.3) is 10.2 Å². The second-order valence-corrected chi connectivity index (χ2v) is 7.88. The van der Waals surface area contributed by atoms with Gasteiger partial charge in [-0.1, -0.05) is 41.0 Å². The summed E-state index contributed by atoms with van der Waals surface area (Å²) in [6, 6.07) is 6.58. The van der Waals surface area contributed by atoms with E-state index in [4.69, 9.17) is 23.2 Å². The van der Waals surface area contributed by atoms with Gasteiger partial charge in [-0.2, -0.15) is 0 Å². The van der Waals surface area contributed by atoms with Crippen LogP contribution in [0.15, 0.2) is 52.3 Å². The van der Waals surface area contributed by atoms with Crippen LogP contribution in [-0.2, 0) is 11.3 Å². The van der Waals surface area contributed by atoms with E-state index in [-0.39, 0.29) is 17.2 Å². The molecule has 0 bridgehead atoms. The number of thioether (sulfide) groups is 1. The number of carbonyl (C=O) groups is 1. The quantitative estimate of drug-likeness (QED) is 0.353. The van der Waals surface area contributed by atoms with E-state index in [9.17, 15) is 9.59 Å². The van der Waals surface area contributed by atoms with E-state index >= 15 is 0 Å². The lowest BCUT2D eigenvalue weighted by Crippen LogP contribution is -2.23. The van der Waals surface area contributed by atoms with Crippen molar-refractivity contribution in [2.24, 2.45) is 0 Å². The number of benzene rings is 1. The molecule has 3 rings (SSSR count). The zero-order valence-electron chi connectivity index (χ0n) is 13.4. The van der Waals surface area contributed by atoms with Gasteiger partial charge in [0.1, 0.15) is 4.83 Å². The van der Waals surface area contributed by atoms with Crippen LogP contribution in [0.3, 0.4) is 0 Å². The third-order valence-corrected chi connectivity index (χ3v) is 5.74. The van der Waals surface area contributed by atoms with Crippen LogP contribution in [0, 0.1) is 0 Å². The van der Waals surface area contributed by atoms with Crippen molar-refractivity contribution in [3.63, 3.8) is 0 Å². The molecule has 2 heterocycles. The number of thiophene rings is 1. The molecule has 0 spiro atoms. The molecular weight excluding hydrogens is 413 g/mol. The minimum atomic E-state index is -0.273. The van der Waals surface area contributed by atoms with Crippen molar-refractivity contribution in [3.8, 4) is 0 Å². The molecule has 134 valence electrons. The van der Waals surface area contributed by atoms with Crippen LogP contribution >= 0.6 is 46.3 Å². The molecule has 9 heteroatoms. The number of aromatic nitrogens is 2. The van der Waals surface area contributed by atoms with Gasteiger partial charge in [0.2, 0.25) is 5.91 Å². The van der Waals surface area contributed by atoms with Crippen molar-refractivity contribution in [2.75, 3.05) is 11.1 Å². The first-order valence-electron chi connectivity index (χ1n) is 7.46. The van der Waals surface area contributed by atoms with Crippen molar-refractivity contribution in [3.05, 3.63) is 62.7 Å². The monoisotopic (exact) mass is 425 g/mol. The molecular formula is C17H13Cl2N3O2S2. The van der Waals surface area contributed by atoms with Crippen LogP contribution in [0.5, 0.6) is 0 Å². The topological polar surface area (TPSA) is 64.0 Å². The minimum absolute atomic E-state index is 0.0727. The summed E-state index contributed by atoms with van der Waals surface area (Å²) in [7, 11) is 0. The SMILES string of the molecule is C=CCn1c(SCC(=O)Nc2cc(Cl)ccc2Cl)nc2sccc2c1=O. The predicted molar refractivity (Wildman–Crippen MR) is 110 cm³/mol. The highest BCUT2D eigenvalue weighted by molar-refractivity contribution is 7.99. The van der Waals surface area contributed by atoms with Gasteiger partial charge in [-0.05, 0) is 29.6 Å². The number of nitrogens with one attached hydrogen (secondary N) is 1. The van der Waals surface area contributed by atoms with E-state index < -0.39 is 0 Å². The Morgan fingerprint density at radius 2 is 2.19 bits per heavy atom. The van der Waals surface area contributed by atoms with Gasteiger partial charge in [0.05, 0.1) is 21.8 Å². The number of rotatable bonds is 6. The van der Waals surface area contributed by atoms with Crippen LogP contribution in [0.2, 0.25) is 10.0 Å². The van der Waals surface area contributed by atoms with Gasteiger partial charge in [0.25, 0.3) is 5.56 Å². The molecule has 0 atom stereocenters. The Balaban J connectivity index is 1.79. The highest BCUT2D eigenvalue weighted by Crippen LogP contribution is 2.26. The summed E-state index contributed by atoms with van der Waals surface area (Å²) >= 11 is 14.5. The maximum atomic E-state index is 12.6. The number of carbonyl (C=O) groups excluding carboxylic acids is 1. The van der Waals surface area contributed by atoms with Crippen LogP contribution in [0.4, 0.5) is 5.69 Å². The van der Waals surface area contributed by atoms with Gasteiger partial charge in [0.15, 0.2) is 5.16 Å². The fourth-order valence-corrected chi connectivity index (χ4v) is 4.19. The second kappa shape index (κ2) is 8.26. The molecule has 5 nitrogen and oxygen atoms in total. The van der Waals surface area contributed by atoms with E-state index in [1.165, 1.54) is 27.7 Å². The maximum absolute atomic E-state index is 12.6. The lowest BCUT2D eigenvalue weighted by molar-refractivity contribution is -0.113. The smallest absolute Gasteiger partial charge is 0.263 e. The number of hydrogen-bond donors (Lipinski definition) is 1. The number of allylic oxidation sites excluding steroid dienone is 1. The summed E-state index contributed by atoms with van der Waals surface area (Å²) in [4.78, 5) is 29.9. The first kappa shape index (κ1) is 19.0. The summed E-state index contributed by atoms with van der Waals surface area (Å²) in [5.74, 6) is -0.201. The number of anilines is 1. The van der Waals surface area contributed by atoms with E-state index in [1.54, 1.807) is 30.3 Å². The third kappa shape index (κ3) is 4.12. The van der Waals surface area contributed by atoms with Crippen LogP contribution in [0.1, 0.15) is 0 Å². The first-order chi connectivity index (χ1) is 12.5. The molecule has 2 aromatic heterocycles. The van der Waals surface area contributed by atoms with Gasteiger partial charge in [-0.15, -0.1) is 17.9 Å². The van der Waals surface area contributed by atoms with Gasteiger partial charge >= 0.3 is 0 Å². The van der Waals surface area contributed by atoms with Gasteiger partial charge in [-0.3, -0.25) is 14.2 Å². The molecule has 0 saturated carbocycles. The number of hydrogen-bond acceptors (Lipinski definition) is 5. The third-order valence-electron chi connectivity index (χ3n) is 3.39. The summed E-state index contributed by atoms with van der Waals surface area (Å²) in [5, 5.41) is 6.44. The van der Waals surface area contributed by atoms with Gasteiger partial charge in [0, 0.05) is 11.6 Å². The van der Waals surface area contributed by atoms with Crippen LogP contribution in [-0.4, -0.2) is 21.2 Å². The fraction of sp³-hybridized carbons (Fsp3) is 0.118. The second-order valence-electron chi connectivity index (χ2n) is 5.20. The highest BCUT2D eigenvalue weighted by Gasteiger charge is 2.14. The number of nitrogens with zero attached hydrogens (tertiary/aromatic N) is 2. The number of fused-ring (bicyclic) bond motifs is 1. The lowest BCUT2D eigenvalue weighted by atomic mass is 10.3. The van der Waals surface area contributed by atoms with E-state index in [0.717, 1.165) is 0 Å². The van der Waals surface area contributed by atoms with Gasteiger partial charge < -0.3 is 5.32 Å². The summed E-state index contributed by atoms with van der Waals surface area (Å²) < 4.78 is 1.51. The molecule has 0 unspecified atom stereocenters. The predicted octanol–water partition coefficient (Wildman–Crippen LogP) is 4.68. The average Bonchev–Trinajstić information content (AvgIpc) is 3.08. The average molecular weight is 426 g/mol. The normalized spacial score (nSPS) is 10.8. The molecule has 1 N–H and O–H groups in total. The molecule has 1 amide bonds. The molecule has 0 radical (unpaired) electrons. The molecule has 1 aromatic carbocycles. The van der Waals surface area contributed by atoms with Crippen molar-refractivity contribution in [2.45, 2.75) is 11.7 Å². The largest absolute Gasteiger partial charge is 0.324 e. The van der Waals surface area contributed by atoms with Crippen molar-refractivity contribution in [1.82, 2.24) is 9.55 Å². The Morgan fingerprint density at radius 3 is 2.96 bits per heavy atom. The summed E-state index contributed by atoms with van der Waals surface area (Å²) in [6.07, 6.45) is 1.62. The highest BCUT2D eigenvalue weighted by atomic mass is 35.5. The lowest BCUT2D eigenvalue weighted by Gasteiger charge is -2.11. The van der Waals surface area contributed by atoms with Crippen LogP contribution < -0.4 is 10.9 Å². The standard InChI is InChI=1S/C17H13Cl2N3O2S2/c1-2-6-22-16(24)11-5-7-25-15(11)21-17(22)26-9-14(23)20-13-8-10(18)3-4-12(13)19/h2-5,7-8H,1,6,9H2,(H,20,23). The molecule has 26 heavy (non-hydrogen) atoms. The van der Waals surface area contributed by atoms with Crippen molar-refractivity contribution >= 4 is 68.1 Å². The van der Waals surface area contributed by atoms with Crippen molar-refractivity contribution < 1.29 is 4.79 Å². The summed E-state index contributed by atoms with van der Waals surface area (Å²) in [6.45, 7) is 4.00. The number of halogens is 2. The number of amides is 1. The molecule has 3 aromatic rings. The Kier molecular flexibility index (Phi) is 6.03. The minimum Gasteiger partial charge on any atom is -0.324 e. The fourth-order valence-electron chi connectivity index (χ4n) is 2.24. The Bertz CT molecular complexity index is 1050. The van der Waals surface area contributed by atoms with E-state index in [1.807, 2.05) is 5.38 Å². The first-order valence-corrected chi connectivity index (χ1v) is 10.1. The Labute approximate surface area is 167 Å². The van der Waals surface area contributed by atoms with Crippen molar-refractivity contribution in [1.29, 1.82) is 0 Å². The Morgan fingerprint density at radius 1 is 1.38 bits per heavy atom. The van der Waals surface area contributed by atoms with E-state index in [0.29, 0.717) is 37.7 Å². The molecule has 0 aliphatic carbocycles. The maximum Gasteiger partial charge on any atom is 0.263 e.